The molecule has 0 saturated carbocycles. The highest BCUT2D eigenvalue weighted by molar-refractivity contribution is 5.96. The van der Waals surface area contributed by atoms with Crippen LogP contribution in [0.2, 0.25) is 0 Å². The van der Waals surface area contributed by atoms with Crippen LogP contribution >= 0.6 is 0 Å². The lowest BCUT2D eigenvalue weighted by molar-refractivity contribution is 0.0115. The summed E-state index contributed by atoms with van der Waals surface area (Å²) in [6, 6.07) is 11.8. The van der Waals surface area contributed by atoms with E-state index in [-0.39, 0.29) is 13.0 Å². The van der Waals surface area contributed by atoms with E-state index in [1.165, 1.54) is 0 Å². The van der Waals surface area contributed by atoms with E-state index in [0.717, 1.165) is 50.4 Å². The number of nitrogens with zero attached hydrogens (tertiary/aromatic N) is 5. The quantitative estimate of drug-likeness (QED) is 0.391. The highest BCUT2D eigenvalue weighted by atomic mass is 19.3. The Hall–Kier alpha value is -3.98. The van der Waals surface area contributed by atoms with Crippen LogP contribution in [0.4, 0.5) is 8.78 Å². The van der Waals surface area contributed by atoms with Gasteiger partial charge in [-0.3, -0.25) is 25.0 Å². The number of likely N-dealkylation sites (tertiary alicyclic amines) is 1. The molecule has 2 N–H and O–H groups in total. The van der Waals surface area contributed by atoms with Crippen LogP contribution < -0.4 is 0 Å². The Kier molecular flexibility index (Phi) is 4.91. The van der Waals surface area contributed by atoms with Gasteiger partial charge in [-0.25, -0.2) is 8.78 Å². The first-order chi connectivity index (χ1) is 16.5. The molecule has 5 aromatic heterocycles. The van der Waals surface area contributed by atoms with Crippen molar-refractivity contribution >= 4 is 10.9 Å². The number of hydrogen-bond donors (Lipinski definition) is 2. The molecule has 0 aromatic carbocycles. The maximum absolute atomic E-state index is 13.5. The van der Waals surface area contributed by atoms with Crippen molar-refractivity contribution in [1.82, 2.24) is 35.0 Å². The van der Waals surface area contributed by atoms with Crippen LogP contribution in [0, 0.1) is 0 Å². The zero-order chi connectivity index (χ0) is 23.1. The first-order valence-corrected chi connectivity index (χ1v) is 11.0. The van der Waals surface area contributed by atoms with E-state index in [1.807, 2.05) is 36.5 Å². The average Bonchev–Trinajstić information content (AvgIpc) is 3.57. The highest BCUT2D eigenvalue weighted by Gasteiger charge is 2.37. The minimum absolute atomic E-state index is 0.0923. The summed E-state index contributed by atoms with van der Waals surface area (Å²) in [5, 5.41) is 8.57. The van der Waals surface area contributed by atoms with Crippen molar-refractivity contribution in [3.05, 3.63) is 72.9 Å². The van der Waals surface area contributed by atoms with Crippen LogP contribution in [0.3, 0.4) is 0 Å². The number of fused-ring (bicyclic) bond motifs is 1. The van der Waals surface area contributed by atoms with E-state index in [2.05, 4.69) is 36.2 Å². The SMILES string of the molecule is FC1(F)CCN(Cc2cncc(-c3cc(-c4cc5c(-c6ccccn6)cncc5[nH]4)[nH]n3)c2)C1. The molecule has 0 atom stereocenters. The molecule has 0 aliphatic carbocycles. The zero-order valence-electron chi connectivity index (χ0n) is 18.2. The van der Waals surface area contributed by atoms with Crippen molar-refractivity contribution in [1.29, 1.82) is 0 Å². The van der Waals surface area contributed by atoms with E-state index >= 15 is 0 Å². The van der Waals surface area contributed by atoms with Gasteiger partial charge in [-0.15, -0.1) is 0 Å². The smallest absolute Gasteiger partial charge is 0.261 e. The number of aromatic nitrogens is 6. The molecule has 5 aromatic rings. The Bertz CT molecular complexity index is 1460. The van der Waals surface area contributed by atoms with Crippen LogP contribution in [0.25, 0.3) is 44.8 Å². The molecule has 9 heteroatoms. The van der Waals surface area contributed by atoms with Gasteiger partial charge in [-0.1, -0.05) is 6.07 Å². The third-order valence-corrected chi connectivity index (χ3v) is 6.10. The van der Waals surface area contributed by atoms with Crippen LogP contribution in [0.15, 0.2) is 67.4 Å². The lowest BCUT2D eigenvalue weighted by Crippen LogP contribution is -2.24. The predicted molar refractivity (Wildman–Crippen MR) is 125 cm³/mol. The molecule has 170 valence electrons. The monoisotopic (exact) mass is 457 g/mol. The second kappa shape index (κ2) is 8.11. The molecule has 7 nitrogen and oxygen atoms in total. The molecule has 34 heavy (non-hydrogen) atoms. The number of H-pyrrole nitrogens is 2. The fourth-order valence-electron chi connectivity index (χ4n) is 4.44. The summed E-state index contributed by atoms with van der Waals surface area (Å²) in [4.78, 5) is 18.3. The van der Waals surface area contributed by atoms with Gasteiger partial charge in [-0.2, -0.15) is 5.10 Å². The van der Waals surface area contributed by atoms with Crippen molar-refractivity contribution < 1.29 is 8.78 Å². The normalized spacial score (nSPS) is 15.8. The third kappa shape index (κ3) is 3.94. The maximum Gasteiger partial charge on any atom is 0.261 e. The molecule has 6 heterocycles. The highest BCUT2D eigenvalue weighted by Crippen LogP contribution is 2.32. The van der Waals surface area contributed by atoms with E-state index in [0.29, 0.717) is 13.1 Å². The molecule has 0 spiro atoms. The van der Waals surface area contributed by atoms with Gasteiger partial charge in [0.05, 0.1) is 41.0 Å². The largest absolute Gasteiger partial charge is 0.352 e. The number of hydrogen-bond acceptors (Lipinski definition) is 5. The Balaban J connectivity index is 1.28. The van der Waals surface area contributed by atoms with Crippen molar-refractivity contribution in [3.63, 3.8) is 0 Å². The number of pyridine rings is 3. The van der Waals surface area contributed by atoms with Crippen molar-refractivity contribution in [2.75, 3.05) is 13.1 Å². The van der Waals surface area contributed by atoms with Crippen LogP contribution in [0.1, 0.15) is 12.0 Å². The van der Waals surface area contributed by atoms with Gasteiger partial charge in [-0.05, 0) is 35.9 Å². The van der Waals surface area contributed by atoms with E-state index < -0.39 is 5.92 Å². The summed E-state index contributed by atoms with van der Waals surface area (Å²) in [5.41, 5.74) is 6.86. The molecule has 1 aliphatic heterocycles. The summed E-state index contributed by atoms with van der Waals surface area (Å²) in [6.45, 7) is 0.623. The second-order valence-electron chi connectivity index (χ2n) is 8.61. The molecule has 1 fully saturated rings. The van der Waals surface area contributed by atoms with E-state index in [1.54, 1.807) is 29.7 Å². The Morgan fingerprint density at radius 2 is 1.88 bits per heavy atom. The molecule has 0 unspecified atom stereocenters. The molecular formula is C25H21F2N7. The number of rotatable bonds is 5. The number of halogens is 2. The minimum Gasteiger partial charge on any atom is -0.352 e. The lowest BCUT2D eigenvalue weighted by atomic mass is 10.1. The number of nitrogens with one attached hydrogen (secondary N) is 2. The van der Waals surface area contributed by atoms with Gasteiger partial charge in [0.15, 0.2) is 0 Å². The average molecular weight is 457 g/mol. The molecule has 0 bridgehead atoms. The van der Waals surface area contributed by atoms with Crippen molar-refractivity contribution in [2.24, 2.45) is 0 Å². The maximum atomic E-state index is 13.5. The fourth-order valence-corrected chi connectivity index (χ4v) is 4.44. The topological polar surface area (TPSA) is 86.4 Å². The summed E-state index contributed by atoms with van der Waals surface area (Å²) in [6.07, 6.45) is 8.73. The van der Waals surface area contributed by atoms with Gasteiger partial charge in [0.25, 0.3) is 5.92 Å². The lowest BCUT2D eigenvalue weighted by Gasteiger charge is -2.15. The molecule has 0 radical (unpaired) electrons. The van der Waals surface area contributed by atoms with Crippen LogP contribution in [-0.2, 0) is 6.54 Å². The number of aromatic amines is 2. The summed E-state index contributed by atoms with van der Waals surface area (Å²) < 4.78 is 27.0. The first kappa shape index (κ1) is 20.6. The standard InChI is InChI=1S/C25H21F2N7/c26-25(27)4-6-34(15-25)14-16-7-17(11-28-10-16)21-9-23(33-32-21)22-8-18-19(12-29-13-24(18)31-22)20-3-1-2-5-30-20/h1-3,5,7-13,31H,4,6,14-15H2,(H,32,33). The molecule has 1 aliphatic rings. The Labute approximate surface area is 193 Å². The van der Waals surface area contributed by atoms with Gasteiger partial charge in [0.2, 0.25) is 0 Å². The molecular weight excluding hydrogens is 436 g/mol. The minimum atomic E-state index is -2.60. The summed E-state index contributed by atoms with van der Waals surface area (Å²) >= 11 is 0. The van der Waals surface area contributed by atoms with Gasteiger partial charge >= 0.3 is 0 Å². The van der Waals surface area contributed by atoms with E-state index in [4.69, 9.17) is 0 Å². The first-order valence-electron chi connectivity index (χ1n) is 11.0. The van der Waals surface area contributed by atoms with Gasteiger partial charge in [0.1, 0.15) is 0 Å². The molecule has 6 rings (SSSR count). The Morgan fingerprint density at radius 1 is 0.971 bits per heavy atom. The van der Waals surface area contributed by atoms with Crippen molar-refractivity contribution in [3.8, 4) is 33.9 Å². The number of alkyl halides is 2. The fraction of sp³-hybridized carbons (Fsp3) is 0.200. The molecule has 1 saturated heterocycles. The molecule has 0 amide bonds. The van der Waals surface area contributed by atoms with Gasteiger partial charge < -0.3 is 4.98 Å². The van der Waals surface area contributed by atoms with Gasteiger partial charge in [0, 0.05) is 60.8 Å². The second-order valence-corrected chi connectivity index (χ2v) is 8.61. The van der Waals surface area contributed by atoms with Crippen LogP contribution in [-0.4, -0.2) is 54.0 Å². The van der Waals surface area contributed by atoms with Crippen LogP contribution in [0.5, 0.6) is 0 Å². The predicted octanol–water partition coefficient (Wildman–Crippen LogP) is 4.92. The summed E-state index contributed by atoms with van der Waals surface area (Å²) in [7, 11) is 0. The van der Waals surface area contributed by atoms with Crippen molar-refractivity contribution in [2.45, 2.75) is 18.9 Å². The zero-order valence-corrected chi connectivity index (χ0v) is 18.2. The third-order valence-electron chi connectivity index (χ3n) is 6.10. The van der Waals surface area contributed by atoms with E-state index in [9.17, 15) is 8.78 Å². The summed E-state index contributed by atoms with van der Waals surface area (Å²) in [5.74, 6) is -2.60. The Morgan fingerprint density at radius 3 is 2.71 bits per heavy atom.